The molecule has 0 rings (SSSR count). The van der Waals surface area contributed by atoms with Gasteiger partial charge < -0.3 is 5.11 Å². The molecule has 0 saturated carbocycles. The average Bonchev–Trinajstić information content (AvgIpc) is 1.84. The summed E-state index contributed by atoms with van der Waals surface area (Å²) in [5, 5.41) is 8.48. The van der Waals surface area contributed by atoms with Crippen molar-refractivity contribution in [3.63, 3.8) is 0 Å². The third-order valence-electron chi connectivity index (χ3n) is 1.89. The fourth-order valence-electron chi connectivity index (χ4n) is 0.597. The predicted molar refractivity (Wildman–Crippen MR) is 36.3 cm³/mol. The van der Waals surface area contributed by atoms with Gasteiger partial charge in [0.05, 0.1) is 5.92 Å². The van der Waals surface area contributed by atoms with Crippen molar-refractivity contribution in [2.45, 2.75) is 27.2 Å². The van der Waals surface area contributed by atoms with Crippen LogP contribution in [0.3, 0.4) is 0 Å². The molecule has 2 heteroatoms. The first-order chi connectivity index (χ1) is 4.09. The van der Waals surface area contributed by atoms with Crippen LogP contribution in [-0.4, -0.2) is 11.1 Å². The quantitative estimate of drug-likeness (QED) is 0.632. The number of hydrogen-bond donors (Lipinski definition) is 1. The fraction of sp³-hybridized carbons (Fsp3) is 0.857. The van der Waals surface area contributed by atoms with Gasteiger partial charge in [0.25, 0.3) is 0 Å². The van der Waals surface area contributed by atoms with E-state index >= 15 is 0 Å². The number of carboxylic acids is 1. The zero-order chi connectivity index (χ0) is 7.44. The molecule has 2 nitrogen and oxygen atoms in total. The van der Waals surface area contributed by atoms with Crippen molar-refractivity contribution in [3.8, 4) is 0 Å². The summed E-state index contributed by atoms with van der Waals surface area (Å²) in [4.78, 5) is 10.3. The van der Waals surface area contributed by atoms with Gasteiger partial charge in [0.2, 0.25) is 0 Å². The minimum absolute atomic E-state index is 0.199. The molecule has 0 fully saturated rings. The molecule has 0 aliphatic rings. The summed E-state index contributed by atoms with van der Waals surface area (Å²) < 4.78 is 0. The van der Waals surface area contributed by atoms with Crippen LogP contribution in [0.4, 0.5) is 0 Å². The molecule has 0 aliphatic heterocycles. The van der Waals surface area contributed by atoms with E-state index in [1.54, 1.807) is 6.92 Å². The van der Waals surface area contributed by atoms with E-state index in [1.165, 1.54) is 0 Å². The van der Waals surface area contributed by atoms with E-state index in [1.807, 2.05) is 13.8 Å². The lowest BCUT2D eigenvalue weighted by atomic mass is 9.94. The van der Waals surface area contributed by atoms with E-state index in [9.17, 15) is 4.79 Å². The summed E-state index contributed by atoms with van der Waals surface area (Å²) in [5.41, 5.74) is 0. The Morgan fingerprint density at radius 3 is 2.11 bits per heavy atom. The number of hydrogen-bond acceptors (Lipinski definition) is 1. The first-order valence-electron chi connectivity index (χ1n) is 3.32. The number of rotatable bonds is 3. The van der Waals surface area contributed by atoms with E-state index in [4.69, 9.17) is 5.11 Å². The van der Waals surface area contributed by atoms with Crippen LogP contribution in [0.1, 0.15) is 27.2 Å². The number of aliphatic carboxylic acids is 1. The van der Waals surface area contributed by atoms with Gasteiger partial charge in [-0.15, -0.1) is 0 Å². The minimum Gasteiger partial charge on any atom is -0.481 e. The Morgan fingerprint density at radius 1 is 1.56 bits per heavy atom. The Bertz CT molecular complexity index is 99.1. The van der Waals surface area contributed by atoms with Gasteiger partial charge in [0.15, 0.2) is 0 Å². The third kappa shape index (κ3) is 2.49. The summed E-state index contributed by atoms with van der Waals surface area (Å²) in [6, 6.07) is 0. The lowest BCUT2D eigenvalue weighted by Gasteiger charge is -2.11. The standard InChI is InChI=1S/C7H14O2/c1-4-5(2)6(3)7(8)9/h5-6H,4H2,1-3H3,(H,8,9)/t5-,6+/m1/s1. The summed E-state index contributed by atoms with van der Waals surface area (Å²) >= 11 is 0. The highest BCUT2D eigenvalue weighted by atomic mass is 16.4. The van der Waals surface area contributed by atoms with Gasteiger partial charge in [-0.25, -0.2) is 0 Å². The molecule has 0 bridgehead atoms. The van der Waals surface area contributed by atoms with Crippen molar-refractivity contribution in [2.24, 2.45) is 11.8 Å². The van der Waals surface area contributed by atoms with Gasteiger partial charge in [-0.2, -0.15) is 0 Å². The molecule has 0 aliphatic carbocycles. The second kappa shape index (κ2) is 3.49. The van der Waals surface area contributed by atoms with Crippen LogP contribution in [0.5, 0.6) is 0 Å². The Morgan fingerprint density at radius 2 is 2.00 bits per heavy atom. The highest BCUT2D eigenvalue weighted by molar-refractivity contribution is 5.69. The lowest BCUT2D eigenvalue weighted by Crippen LogP contribution is -2.17. The maximum atomic E-state index is 10.3. The molecule has 54 valence electrons. The van der Waals surface area contributed by atoms with Gasteiger partial charge in [-0.3, -0.25) is 4.79 Å². The van der Waals surface area contributed by atoms with Crippen LogP contribution < -0.4 is 0 Å². The van der Waals surface area contributed by atoms with E-state index in [-0.39, 0.29) is 5.92 Å². The first-order valence-corrected chi connectivity index (χ1v) is 3.32. The summed E-state index contributed by atoms with van der Waals surface area (Å²) in [6.07, 6.45) is 0.938. The molecule has 2 atom stereocenters. The van der Waals surface area contributed by atoms with Crippen molar-refractivity contribution in [3.05, 3.63) is 0 Å². The Balaban J connectivity index is 3.72. The van der Waals surface area contributed by atoms with Crippen LogP contribution in [-0.2, 0) is 4.79 Å². The molecule has 0 spiro atoms. The van der Waals surface area contributed by atoms with Crippen LogP contribution >= 0.6 is 0 Å². The van der Waals surface area contributed by atoms with Crippen LogP contribution in [0.15, 0.2) is 0 Å². The van der Waals surface area contributed by atoms with E-state index in [0.29, 0.717) is 5.92 Å². The topological polar surface area (TPSA) is 37.3 Å². The van der Waals surface area contributed by atoms with E-state index in [0.717, 1.165) is 6.42 Å². The summed E-state index contributed by atoms with van der Waals surface area (Å²) in [5.74, 6) is -0.596. The molecule has 9 heavy (non-hydrogen) atoms. The normalized spacial score (nSPS) is 16.8. The van der Waals surface area contributed by atoms with Gasteiger partial charge in [0, 0.05) is 0 Å². The van der Waals surface area contributed by atoms with E-state index in [2.05, 4.69) is 0 Å². The lowest BCUT2D eigenvalue weighted by molar-refractivity contribution is -0.142. The maximum absolute atomic E-state index is 10.3. The zero-order valence-electron chi connectivity index (χ0n) is 6.22. The van der Waals surface area contributed by atoms with Crippen molar-refractivity contribution >= 4 is 5.97 Å². The van der Waals surface area contributed by atoms with Gasteiger partial charge in [-0.1, -0.05) is 27.2 Å². The Labute approximate surface area is 55.9 Å². The smallest absolute Gasteiger partial charge is 0.306 e. The van der Waals surface area contributed by atoms with Gasteiger partial charge in [0.1, 0.15) is 0 Å². The molecular weight excluding hydrogens is 116 g/mol. The highest BCUT2D eigenvalue weighted by Crippen LogP contribution is 2.13. The van der Waals surface area contributed by atoms with Gasteiger partial charge >= 0.3 is 5.97 Å². The molecule has 1 N–H and O–H groups in total. The van der Waals surface area contributed by atoms with E-state index < -0.39 is 5.97 Å². The first kappa shape index (κ1) is 8.47. The minimum atomic E-state index is -0.690. The van der Waals surface area contributed by atoms with Crippen LogP contribution in [0.2, 0.25) is 0 Å². The SMILES string of the molecule is CC[C@@H](C)[C@H](C)C(=O)O. The van der Waals surface area contributed by atoms with Crippen LogP contribution in [0.25, 0.3) is 0 Å². The average molecular weight is 130 g/mol. The second-order valence-electron chi connectivity index (χ2n) is 2.51. The molecule has 0 aromatic heterocycles. The predicted octanol–water partition coefficient (Wildman–Crippen LogP) is 1.75. The Kier molecular flexibility index (Phi) is 3.28. The molecular formula is C7H14O2. The third-order valence-corrected chi connectivity index (χ3v) is 1.89. The summed E-state index contributed by atoms with van der Waals surface area (Å²) in [7, 11) is 0. The zero-order valence-corrected chi connectivity index (χ0v) is 6.22. The van der Waals surface area contributed by atoms with Crippen molar-refractivity contribution in [1.82, 2.24) is 0 Å². The molecule has 0 aromatic rings. The molecule has 0 unspecified atom stereocenters. The second-order valence-corrected chi connectivity index (χ2v) is 2.51. The van der Waals surface area contributed by atoms with Gasteiger partial charge in [-0.05, 0) is 5.92 Å². The monoisotopic (exact) mass is 130 g/mol. The molecule has 0 aromatic carbocycles. The molecule has 0 heterocycles. The van der Waals surface area contributed by atoms with Crippen molar-refractivity contribution in [2.75, 3.05) is 0 Å². The van der Waals surface area contributed by atoms with Crippen LogP contribution in [0, 0.1) is 11.8 Å². The largest absolute Gasteiger partial charge is 0.481 e. The fourth-order valence-corrected chi connectivity index (χ4v) is 0.597. The van der Waals surface area contributed by atoms with Crippen molar-refractivity contribution in [1.29, 1.82) is 0 Å². The molecule has 0 radical (unpaired) electrons. The summed E-state index contributed by atoms with van der Waals surface area (Å²) in [6.45, 7) is 5.71. The highest BCUT2D eigenvalue weighted by Gasteiger charge is 2.16. The number of carboxylic acid groups (broad SMARTS) is 1. The molecule has 0 saturated heterocycles. The number of carbonyl (C=O) groups is 1. The van der Waals surface area contributed by atoms with Crippen molar-refractivity contribution < 1.29 is 9.90 Å². The maximum Gasteiger partial charge on any atom is 0.306 e. The Hall–Kier alpha value is -0.530. The molecule has 0 amide bonds.